The first kappa shape index (κ1) is 18.5. The van der Waals surface area contributed by atoms with Crippen molar-refractivity contribution in [2.45, 2.75) is 38.3 Å². The van der Waals surface area contributed by atoms with Gasteiger partial charge in [0, 0.05) is 43.7 Å². The number of nitrogens with zero attached hydrogens (tertiary/aromatic N) is 2. The van der Waals surface area contributed by atoms with Crippen LogP contribution >= 0.6 is 0 Å². The van der Waals surface area contributed by atoms with Crippen LogP contribution < -0.4 is 0 Å². The summed E-state index contributed by atoms with van der Waals surface area (Å²) in [4.78, 5) is 10.1. The Kier molecular flexibility index (Phi) is 4.73. The summed E-state index contributed by atoms with van der Waals surface area (Å²) in [6, 6.07) is 5.06. The molecule has 2 aromatic rings. The minimum atomic E-state index is -4.33. The van der Waals surface area contributed by atoms with Gasteiger partial charge in [-0.15, -0.1) is 0 Å². The van der Waals surface area contributed by atoms with Gasteiger partial charge in [0.2, 0.25) is 0 Å². The van der Waals surface area contributed by atoms with E-state index in [0.29, 0.717) is 31.1 Å². The molecule has 27 heavy (non-hydrogen) atoms. The molecule has 1 N–H and O–H groups in total. The Morgan fingerprint density at radius 3 is 2.33 bits per heavy atom. The highest BCUT2D eigenvalue weighted by atomic mass is 19.4. The van der Waals surface area contributed by atoms with Gasteiger partial charge in [-0.25, -0.2) is 4.98 Å². The average Bonchev–Trinajstić information content (AvgIpc) is 3.24. The molecule has 2 fully saturated rings. The minimum absolute atomic E-state index is 0.400. The van der Waals surface area contributed by atoms with Crippen molar-refractivity contribution in [1.82, 2.24) is 14.9 Å². The van der Waals surface area contributed by atoms with Crippen LogP contribution in [0.5, 0.6) is 0 Å². The van der Waals surface area contributed by atoms with Crippen molar-refractivity contribution >= 4 is 0 Å². The Morgan fingerprint density at radius 2 is 1.74 bits per heavy atom. The van der Waals surface area contributed by atoms with Crippen LogP contribution in [0.4, 0.5) is 13.2 Å². The highest BCUT2D eigenvalue weighted by Gasteiger charge is 2.39. The van der Waals surface area contributed by atoms with Crippen molar-refractivity contribution in [3.05, 3.63) is 41.2 Å². The number of likely N-dealkylation sites (tertiary alicyclic amines) is 1. The highest BCUT2D eigenvalue weighted by Crippen LogP contribution is 2.33. The maximum atomic E-state index is 12.7. The van der Waals surface area contributed by atoms with Crippen molar-refractivity contribution in [1.29, 1.82) is 0 Å². The highest BCUT2D eigenvalue weighted by molar-refractivity contribution is 5.56. The molecule has 1 spiro atoms. The average molecular weight is 381 g/mol. The summed E-state index contributed by atoms with van der Waals surface area (Å²) < 4.78 is 49.6. The number of ether oxygens (including phenoxy) is 2. The number of H-pyrrole nitrogens is 1. The molecule has 3 heterocycles. The molecule has 0 saturated carbocycles. The van der Waals surface area contributed by atoms with E-state index in [1.165, 1.54) is 12.1 Å². The molecule has 0 aliphatic carbocycles. The van der Waals surface area contributed by atoms with Crippen LogP contribution in [0, 0.1) is 6.92 Å². The zero-order valence-electron chi connectivity index (χ0n) is 15.1. The van der Waals surface area contributed by atoms with Crippen molar-refractivity contribution in [3.63, 3.8) is 0 Å². The number of piperidine rings is 1. The van der Waals surface area contributed by atoms with E-state index in [9.17, 15) is 13.2 Å². The van der Waals surface area contributed by atoms with Gasteiger partial charge < -0.3 is 14.5 Å². The van der Waals surface area contributed by atoms with Crippen LogP contribution in [0.15, 0.2) is 24.3 Å². The van der Waals surface area contributed by atoms with Crippen molar-refractivity contribution in [2.75, 3.05) is 26.3 Å². The Morgan fingerprint density at radius 1 is 1.11 bits per heavy atom. The van der Waals surface area contributed by atoms with Gasteiger partial charge in [-0.1, -0.05) is 12.1 Å². The third-order valence-corrected chi connectivity index (χ3v) is 5.28. The molecular weight excluding hydrogens is 359 g/mol. The SMILES string of the molecule is Cc1[nH]c(-c2ccc(C(F)(F)F)cc2)nc1CN1CCC2(CC1)OCCO2. The summed E-state index contributed by atoms with van der Waals surface area (Å²) in [5.41, 5.74) is 1.82. The molecule has 146 valence electrons. The molecule has 1 aromatic carbocycles. The fraction of sp³-hybridized carbons (Fsp3) is 0.526. The molecule has 5 nitrogen and oxygen atoms in total. The van der Waals surface area contributed by atoms with Crippen LogP contribution in [0.2, 0.25) is 0 Å². The van der Waals surface area contributed by atoms with E-state index >= 15 is 0 Å². The second-order valence-corrected chi connectivity index (χ2v) is 7.12. The Hall–Kier alpha value is -1.90. The summed E-state index contributed by atoms with van der Waals surface area (Å²) in [7, 11) is 0. The van der Waals surface area contributed by atoms with E-state index in [-0.39, 0.29) is 0 Å². The van der Waals surface area contributed by atoms with Gasteiger partial charge in [0.05, 0.1) is 24.5 Å². The third kappa shape index (κ3) is 3.88. The lowest BCUT2D eigenvalue weighted by molar-refractivity contribution is -0.185. The molecule has 1 aromatic heterocycles. The number of aromatic nitrogens is 2. The second-order valence-electron chi connectivity index (χ2n) is 7.12. The third-order valence-electron chi connectivity index (χ3n) is 5.28. The maximum Gasteiger partial charge on any atom is 0.416 e. The summed E-state index contributed by atoms with van der Waals surface area (Å²) in [5, 5.41) is 0. The first-order valence-electron chi connectivity index (χ1n) is 9.08. The molecule has 0 amide bonds. The van der Waals surface area contributed by atoms with Crippen LogP contribution in [0.1, 0.15) is 29.8 Å². The van der Waals surface area contributed by atoms with Gasteiger partial charge in [0.15, 0.2) is 5.79 Å². The quantitative estimate of drug-likeness (QED) is 0.880. The number of benzene rings is 1. The number of rotatable bonds is 3. The van der Waals surface area contributed by atoms with Crippen molar-refractivity contribution in [3.8, 4) is 11.4 Å². The Labute approximate surface area is 155 Å². The molecule has 4 rings (SSSR count). The van der Waals surface area contributed by atoms with Gasteiger partial charge in [-0.05, 0) is 19.1 Å². The van der Waals surface area contributed by atoms with E-state index in [4.69, 9.17) is 9.47 Å². The van der Waals surface area contributed by atoms with Gasteiger partial charge in [0.25, 0.3) is 0 Å². The first-order chi connectivity index (χ1) is 12.8. The van der Waals surface area contributed by atoms with Crippen LogP contribution in [-0.2, 0) is 22.2 Å². The Balaban J connectivity index is 1.43. The van der Waals surface area contributed by atoms with Crippen LogP contribution in [0.25, 0.3) is 11.4 Å². The first-order valence-corrected chi connectivity index (χ1v) is 9.08. The molecule has 0 bridgehead atoms. The minimum Gasteiger partial charge on any atom is -0.347 e. The Bertz CT molecular complexity index is 786. The molecule has 0 atom stereocenters. The van der Waals surface area contributed by atoms with E-state index in [2.05, 4.69) is 14.9 Å². The zero-order chi connectivity index (χ0) is 19.1. The molecule has 2 aliphatic rings. The number of imidazole rings is 1. The summed E-state index contributed by atoms with van der Waals surface area (Å²) in [5.74, 6) is 0.190. The molecule has 0 unspecified atom stereocenters. The number of nitrogens with one attached hydrogen (secondary N) is 1. The summed E-state index contributed by atoms with van der Waals surface area (Å²) in [6.45, 7) is 5.68. The molecule has 2 saturated heterocycles. The predicted octanol–water partition coefficient (Wildman–Crippen LogP) is 3.74. The van der Waals surface area contributed by atoms with Crippen molar-refractivity contribution < 1.29 is 22.6 Å². The standard InChI is InChI=1S/C19H22F3N3O2/c1-13-16(12-25-8-6-18(7-9-25)26-10-11-27-18)24-17(23-13)14-2-4-15(5-3-14)19(20,21)22/h2-5H,6-12H2,1H3,(H,23,24). The lowest BCUT2D eigenvalue weighted by atomic mass is 10.0. The van der Waals surface area contributed by atoms with Gasteiger partial charge in [0.1, 0.15) is 5.82 Å². The lowest BCUT2D eigenvalue weighted by Crippen LogP contribution is -2.44. The fourth-order valence-corrected chi connectivity index (χ4v) is 3.65. The summed E-state index contributed by atoms with van der Waals surface area (Å²) in [6.07, 6.45) is -2.66. The maximum absolute atomic E-state index is 12.7. The zero-order valence-corrected chi connectivity index (χ0v) is 15.1. The van der Waals surface area contributed by atoms with E-state index in [1.807, 2.05) is 6.92 Å². The normalized spacial score (nSPS) is 20.4. The van der Waals surface area contributed by atoms with E-state index < -0.39 is 17.5 Å². The second kappa shape index (κ2) is 6.92. The van der Waals surface area contributed by atoms with Crippen LogP contribution in [0.3, 0.4) is 0 Å². The van der Waals surface area contributed by atoms with Crippen molar-refractivity contribution in [2.24, 2.45) is 0 Å². The van der Waals surface area contributed by atoms with Crippen LogP contribution in [-0.4, -0.2) is 47.0 Å². The van der Waals surface area contributed by atoms with E-state index in [1.54, 1.807) is 0 Å². The topological polar surface area (TPSA) is 50.4 Å². The van der Waals surface area contributed by atoms with E-state index in [0.717, 1.165) is 49.5 Å². The van der Waals surface area contributed by atoms with Gasteiger partial charge in [-0.3, -0.25) is 4.90 Å². The van der Waals surface area contributed by atoms with Gasteiger partial charge in [-0.2, -0.15) is 13.2 Å². The molecule has 2 aliphatic heterocycles. The number of alkyl halides is 3. The summed E-state index contributed by atoms with van der Waals surface area (Å²) >= 11 is 0. The lowest BCUT2D eigenvalue weighted by Gasteiger charge is -2.37. The number of hydrogen-bond acceptors (Lipinski definition) is 4. The molecule has 8 heteroatoms. The monoisotopic (exact) mass is 381 g/mol. The number of halogens is 3. The smallest absolute Gasteiger partial charge is 0.347 e. The number of aryl methyl sites for hydroxylation is 1. The largest absolute Gasteiger partial charge is 0.416 e. The van der Waals surface area contributed by atoms with Gasteiger partial charge >= 0.3 is 6.18 Å². The molecule has 0 radical (unpaired) electrons. The number of hydrogen-bond donors (Lipinski definition) is 1. The number of aromatic amines is 1. The predicted molar refractivity (Wildman–Crippen MR) is 92.9 cm³/mol. The molecular formula is C19H22F3N3O2. The fourth-order valence-electron chi connectivity index (χ4n) is 3.65.